The maximum atomic E-state index is 8.50. The summed E-state index contributed by atoms with van der Waals surface area (Å²) in [4.78, 5) is 0. The highest BCUT2D eigenvalue weighted by Crippen LogP contribution is 1.97. The van der Waals surface area contributed by atoms with Crippen molar-refractivity contribution < 1.29 is 0 Å². The Morgan fingerprint density at radius 3 is 2.00 bits per heavy atom. The summed E-state index contributed by atoms with van der Waals surface area (Å²) in [6.45, 7) is 3.65. The third-order valence-electron chi connectivity index (χ3n) is 0.783. The van der Waals surface area contributed by atoms with Crippen LogP contribution in [0.4, 0.5) is 0 Å². The molecule has 0 aromatic heterocycles. The molecule has 0 aliphatic rings. The van der Waals surface area contributed by atoms with Gasteiger partial charge in [-0.1, -0.05) is 0 Å². The minimum atomic E-state index is -0.455. The highest BCUT2D eigenvalue weighted by Gasteiger charge is 2.15. The van der Waals surface area contributed by atoms with Crippen LogP contribution in [0.25, 0.3) is 0 Å². The molecule has 0 saturated carbocycles. The summed E-state index contributed by atoms with van der Waals surface area (Å²) in [5.74, 6) is 0. The Morgan fingerprint density at radius 1 is 1.44 bits per heavy atom. The topological polar surface area (TPSA) is 39.1 Å². The Morgan fingerprint density at radius 2 is 1.89 bits per heavy atom. The van der Waals surface area contributed by atoms with Crippen LogP contribution in [-0.2, 0) is 0 Å². The number of nitrogens with one attached hydrogen (secondary N) is 1. The molecule has 0 bridgehead atoms. The molecular weight excluding hydrogens is 114 g/mol. The molecule has 3 nitrogen and oxygen atoms in total. The summed E-state index contributed by atoms with van der Waals surface area (Å²) in [6, 6.07) is 2.12. The molecule has 0 aliphatic heterocycles. The predicted molar refractivity (Wildman–Crippen MR) is 36.5 cm³/mol. The molecule has 0 aliphatic carbocycles. The molecule has 0 unspecified atom stereocenters. The van der Waals surface area contributed by atoms with E-state index in [0.717, 1.165) is 0 Å². The first-order valence-corrected chi connectivity index (χ1v) is 2.84. The number of hydrogen-bond donors (Lipinski definition) is 1. The first-order valence-electron chi connectivity index (χ1n) is 2.84. The third kappa shape index (κ3) is 3.95. The van der Waals surface area contributed by atoms with E-state index in [1.807, 2.05) is 27.9 Å². The molecule has 0 heterocycles. The van der Waals surface area contributed by atoms with Gasteiger partial charge in [-0.05, 0) is 13.8 Å². The summed E-state index contributed by atoms with van der Waals surface area (Å²) in [7, 11) is 3.72. The van der Waals surface area contributed by atoms with E-state index in [9.17, 15) is 0 Å². The molecule has 0 fully saturated rings. The van der Waals surface area contributed by atoms with Crippen molar-refractivity contribution in [3.63, 3.8) is 0 Å². The van der Waals surface area contributed by atoms with E-state index in [-0.39, 0.29) is 0 Å². The van der Waals surface area contributed by atoms with Crippen molar-refractivity contribution in [2.75, 3.05) is 14.1 Å². The normalized spacial score (nSPS) is 11.6. The molecule has 0 aromatic rings. The van der Waals surface area contributed by atoms with Gasteiger partial charge in [0, 0.05) is 14.1 Å². The Kier molecular flexibility index (Phi) is 2.63. The Bertz CT molecular complexity index is 121. The van der Waals surface area contributed by atoms with Gasteiger partial charge in [0.1, 0.15) is 5.54 Å². The lowest BCUT2D eigenvalue weighted by Crippen LogP contribution is -2.46. The largest absolute Gasteiger partial charge is 0.249 e. The van der Waals surface area contributed by atoms with Crippen molar-refractivity contribution in [1.82, 2.24) is 10.4 Å². The van der Waals surface area contributed by atoms with Gasteiger partial charge in [-0.15, -0.1) is 0 Å². The van der Waals surface area contributed by atoms with E-state index < -0.39 is 5.54 Å². The fraction of sp³-hybridized carbons (Fsp3) is 0.833. The average molecular weight is 127 g/mol. The molecule has 9 heavy (non-hydrogen) atoms. The van der Waals surface area contributed by atoms with E-state index in [1.165, 1.54) is 0 Å². The Hall–Kier alpha value is -0.590. The van der Waals surface area contributed by atoms with Gasteiger partial charge in [-0.3, -0.25) is 0 Å². The lowest BCUT2D eigenvalue weighted by molar-refractivity contribution is 0.222. The SMILES string of the molecule is CN(C)NC(C)(C)C#N. The van der Waals surface area contributed by atoms with Gasteiger partial charge in [-0.25, -0.2) is 10.4 Å². The van der Waals surface area contributed by atoms with Crippen LogP contribution in [0.5, 0.6) is 0 Å². The number of hydrazine groups is 1. The zero-order valence-electron chi connectivity index (χ0n) is 6.39. The molecule has 0 saturated heterocycles. The predicted octanol–water partition coefficient (Wildman–Crippen LogP) is 0.355. The number of nitrogens with zero attached hydrogens (tertiary/aromatic N) is 2. The third-order valence-corrected chi connectivity index (χ3v) is 0.783. The van der Waals surface area contributed by atoms with Gasteiger partial charge < -0.3 is 0 Å². The van der Waals surface area contributed by atoms with E-state index in [0.29, 0.717) is 0 Å². The first-order chi connectivity index (χ1) is 3.98. The summed E-state index contributed by atoms with van der Waals surface area (Å²) < 4.78 is 0. The molecular formula is C6H13N3. The highest BCUT2D eigenvalue weighted by atomic mass is 15.5. The van der Waals surface area contributed by atoms with Gasteiger partial charge in [0.2, 0.25) is 0 Å². The van der Waals surface area contributed by atoms with Crippen molar-refractivity contribution in [2.24, 2.45) is 0 Å². The molecule has 0 radical (unpaired) electrons. The minimum absolute atomic E-state index is 0.455. The van der Waals surface area contributed by atoms with Crippen molar-refractivity contribution in [2.45, 2.75) is 19.4 Å². The zero-order valence-corrected chi connectivity index (χ0v) is 6.39. The molecule has 0 amide bonds. The van der Waals surface area contributed by atoms with E-state index >= 15 is 0 Å². The van der Waals surface area contributed by atoms with Gasteiger partial charge in [0.25, 0.3) is 0 Å². The van der Waals surface area contributed by atoms with Gasteiger partial charge in [-0.2, -0.15) is 5.26 Å². The second-order valence-electron chi connectivity index (χ2n) is 2.74. The number of nitriles is 1. The van der Waals surface area contributed by atoms with Gasteiger partial charge in [0.05, 0.1) is 6.07 Å². The standard InChI is InChI=1S/C6H13N3/c1-6(2,5-7)8-9(3)4/h8H,1-4H3. The number of rotatable bonds is 2. The summed E-state index contributed by atoms with van der Waals surface area (Å²) in [5.41, 5.74) is 2.49. The Labute approximate surface area is 56.2 Å². The lowest BCUT2D eigenvalue weighted by Gasteiger charge is -2.22. The molecule has 0 atom stereocenters. The summed E-state index contributed by atoms with van der Waals surface area (Å²) in [6.07, 6.45) is 0. The molecule has 0 aromatic carbocycles. The first kappa shape index (κ1) is 8.41. The van der Waals surface area contributed by atoms with Crippen molar-refractivity contribution in [3.8, 4) is 6.07 Å². The van der Waals surface area contributed by atoms with Gasteiger partial charge in [0.15, 0.2) is 0 Å². The van der Waals surface area contributed by atoms with Crippen LogP contribution in [0.15, 0.2) is 0 Å². The van der Waals surface area contributed by atoms with Crippen molar-refractivity contribution in [3.05, 3.63) is 0 Å². The van der Waals surface area contributed by atoms with Crippen LogP contribution in [0.2, 0.25) is 0 Å². The second-order valence-corrected chi connectivity index (χ2v) is 2.74. The molecule has 0 rings (SSSR count). The fourth-order valence-electron chi connectivity index (χ4n) is 0.584. The van der Waals surface area contributed by atoms with Crippen LogP contribution in [0, 0.1) is 11.3 Å². The quantitative estimate of drug-likeness (QED) is 0.544. The van der Waals surface area contributed by atoms with Crippen molar-refractivity contribution >= 4 is 0 Å². The smallest absolute Gasteiger partial charge is 0.113 e. The van der Waals surface area contributed by atoms with Gasteiger partial charge >= 0.3 is 0 Å². The maximum absolute atomic E-state index is 8.50. The van der Waals surface area contributed by atoms with Crippen LogP contribution >= 0.6 is 0 Å². The summed E-state index contributed by atoms with van der Waals surface area (Å²) >= 11 is 0. The summed E-state index contributed by atoms with van der Waals surface area (Å²) in [5, 5.41) is 10.3. The van der Waals surface area contributed by atoms with E-state index in [4.69, 9.17) is 5.26 Å². The van der Waals surface area contributed by atoms with Crippen LogP contribution in [0.1, 0.15) is 13.8 Å². The second kappa shape index (κ2) is 2.81. The maximum Gasteiger partial charge on any atom is 0.113 e. The van der Waals surface area contributed by atoms with Crippen molar-refractivity contribution in [1.29, 1.82) is 5.26 Å². The zero-order chi connectivity index (χ0) is 7.49. The van der Waals surface area contributed by atoms with Crippen LogP contribution in [0.3, 0.4) is 0 Å². The van der Waals surface area contributed by atoms with Crippen LogP contribution < -0.4 is 5.43 Å². The minimum Gasteiger partial charge on any atom is -0.249 e. The molecule has 1 N–H and O–H groups in total. The lowest BCUT2D eigenvalue weighted by atomic mass is 10.1. The molecule has 3 heteroatoms. The van der Waals surface area contributed by atoms with E-state index in [2.05, 4.69) is 11.5 Å². The highest BCUT2D eigenvalue weighted by molar-refractivity contribution is 4.98. The Balaban J connectivity index is 3.76. The van der Waals surface area contributed by atoms with E-state index in [1.54, 1.807) is 5.01 Å². The monoisotopic (exact) mass is 127 g/mol. The van der Waals surface area contributed by atoms with Crippen LogP contribution in [-0.4, -0.2) is 24.6 Å². The number of hydrogen-bond acceptors (Lipinski definition) is 3. The fourth-order valence-corrected chi connectivity index (χ4v) is 0.584. The average Bonchev–Trinajstić information content (AvgIpc) is 1.63. The molecule has 52 valence electrons. The molecule has 0 spiro atoms.